The zero-order valence-corrected chi connectivity index (χ0v) is 30.7. The zero-order chi connectivity index (χ0) is 37.5. The molecule has 0 fully saturated rings. The van der Waals surface area contributed by atoms with E-state index < -0.39 is 11.6 Å². The first-order valence-electron chi connectivity index (χ1n) is 17.4. The van der Waals surface area contributed by atoms with Crippen molar-refractivity contribution in [1.82, 2.24) is 15.6 Å². The molecule has 4 rings (SSSR count). The number of nitriles is 1. The van der Waals surface area contributed by atoms with Crippen molar-refractivity contribution in [2.45, 2.75) is 65.0 Å². The summed E-state index contributed by atoms with van der Waals surface area (Å²) in [6.45, 7) is 7.37. The maximum Gasteiger partial charge on any atom is 0.142 e. The van der Waals surface area contributed by atoms with Gasteiger partial charge in [0.05, 0.1) is 48.7 Å². The highest BCUT2D eigenvalue weighted by molar-refractivity contribution is 6.32. The van der Waals surface area contributed by atoms with Crippen molar-refractivity contribution >= 4 is 11.6 Å². The summed E-state index contributed by atoms with van der Waals surface area (Å²) in [6.07, 6.45) is 3.61. The predicted octanol–water partition coefficient (Wildman–Crippen LogP) is 4.98. The molecule has 12 heteroatoms. The summed E-state index contributed by atoms with van der Waals surface area (Å²) in [4.78, 5) is 4.13. The van der Waals surface area contributed by atoms with Gasteiger partial charge in [-0.25, -0.2) is 0 Å². The van der Waals surface area contributed by atoms with Crippen LogP contribution < -0.4 is 24.8 Å². The van der Waals surface area contributed by atoms with Gasteiger partial charge in [-0.05, 0) is 79.3 Å². The highest BCUT2D eigenvalue weighted by Gasteiger charge is 2.26. The number of aliphatic hydroxyl groups is 4. The molecule has 3 aromatic carbocycles. The highest BCUT2D eigenvalue weighted by Crippen LogP contribution is 2.36. The monoisotopic (exact) mass is 732 g/mol. The van der Waals surface area contributed by atoms with Gasteiger partial charge in [0.15, 0.2) is 0 Å². The third-order valence-corrected chi connectivity index (χ3v) is 9.41. The molecule has 52 heavy (non-hydrogen) atoms. The number of rotatable bonds is 21. The van der Waals surface area contributed by atoms with Crippen LogP contribution in [0.5, 0.6) is 17.2 Å². The summed E-state index contributed by atoms with van der Waals surface area (Å²) in [6, 6.07) is 19.4. The van der Waals surface area contributed by atoms with Crippen LogP contribution in [0.25, 0.3) is 11.1 Å². The van der Waals surface area contributed by atoms with Crippen molar-refractivity contribution in [2.24, 2.45) is 0 Å². The lowest BCUT2D eigenvalue weighted by Crippen LogP contribution is -2.50. The van der Waals surface area contributed by atoms with Gasteiger partial charge in [0.2, 0.25) is 0 Å². The van der Waals surface area contributed by atoms with Gasteiger partial charge in [-0.15, -0.1) is 0 Å². The Morgan fingerprint density at radius 2 is 1.62 bits per heavy atom. The standard InChI is InChI=1S/C40H49ClN4O7/c1-4-40(25-47,26-48)45-20-32-15-36(41)39(16-38(32)51-23-30-14-29(17-42)18-44-19-30)52-24-31-8-5-9-34(27(31)2)35-10-6-11-37(28(35)3)50-13-7-12-43-21-33(49)22-46/h5-6,8-11,14-16,18-19,33,43,45-49H,4,7,12-13,20-26H2,1-3H3/t33-/m0/s1. The predicted molar refractivity (Wildman–Crippen MR) is 201 cm³/mol. The first-order chi connectivity index (χ1) is 25.2. The first kappa shape index (κ1) is 40.5. The topological polar surface area (TPSA) is 169 Å². The Balaban J connectivity index is 1.51. The van der Waals surface area contributed by atoms with E-state index in [0.29, 0.717) is 59.3 Å². The van der Waals surface area contributed by atoms with E-state index in [1.807, 2.05) is 38.1 Å². The second-order valence-electron chi connectivity index (χ2n) is 12.7. The van der Waals surface area contributed by atoms with Crippen molar-refractivity contribution in [3.05, 3.63) is 105 Å². The average molecular weight is 733 g/mol. The molecular formula is C40H49ClN4O7. The van der Waals surface area contributed by atoms with Crippen LogP contribution in [0.15, 0.2) is 67.0 Å². The van der Waals surface area contributed by atoms with Gasteiger partial charge >= 0.3 is 0 Å². The number of nitrogens with one attached hydrogen (secondary N) is 2. The number of ether oxygens (including phenoxy) is 3. The molecule has 0 aliphatic rings. The Bertz CT molecular complexity index is 1790. The highest BCUT2D eigenvalue weighted by atomic mass is 35.5. The van der Waals surface area contributed by atoms with Gasteiger partial charge in [-0.3, -0.25) is 4.98 Å². The minimum atomic E-state index is -0.875. The molecule has 1 aromatic heterocycles. The molecule has 0 amide bonds. The Morgan fingerprint density at radius 1 is 0.885 bits per heavy atom. The number of hydrogen-bond donors (Lipinski definition) is 6. The summed E-state index contributed by atoms with van der Waals surface area (Å²) in [7, 11) is 0. The van der Waals surface area contributed by atoms with Gasteiger partial charge in [-0.1, -0.05) is 48.9 Å². The fraction of sp³-hybridized carbons (Fsp3) is 0.400. The van der Waals surface area contributed by atoms with Crippen LogP contribution in [-0.4, -0.2) is 76.6 Å². The van der Waals surface area contributed by atoms with Gasteiger partial charge < -0.3 is 45.3 Å². The molecule has 11 nitrogen and oxygen atoms in total. The van der Waals surface area contributed by atoms with Crippen LogP contribution in [0.1, 0.15) is 53.1 Å². The van der Waals surface area contributed by atoms with E-state index in [9.17, 15) is 20.6 Å². The van der Waals surface area contributed by atoms with Crippen molar-refractivity contribution in [3.63, 3.8) is 0 Å². The van der Waals surface area contributed by atoms with Crippen LogP contribution in [0.4, 0.5) is 0 Å². The fourth-order valence-electron chi connectivity index (χ4n) is 5.60. The SMILES string of the molecule is CCC(CO)(CO)NCc1cc(Cl)c(OCc2cccc(-c3cccc(OCCCNC[C@H](O)CO)c3C)c2C)cc1OCc1cncc(C#N)c1. The second kappa shape index (κ2) is 20.1. The summed E-state index contributed by atoms with van der Waals surface area (Å²) in [5.74, 6) is 1.71. The molecule has 0 spiro atoms. The summed E-state index contributed by atoms with van der Waals surface area (Å²) < 4.78 is 18.7. The smallest absolute Gasteiger partial charge is 0.142 e. The number of pyridine rings is 1. The Morgan fingerprint density at radius 3 is 2.33 bits per heavy atom. The Kier molecular flexibility index (Phi) is 15.7. The molecule has 0 aliphatic carbocycles. The van der Waals surface area contributed by atoms with Crippen molar-refractivity contribution in [2.75, 3.05) is 39.5 Å². The quantitative estimate of drug-likeness (QED) is 0.0639. The van der Waals surface area contributed by atoms with E-state index >= 15 is 0 Å². The first-order valence-corrected chi connectivity index (χ1v) is 17.7. The molecule has 0 bridgehead atoms. The zero-order valence-electron chi connectivity index (χ0n) is 30.0. The molecule has 0 unspecified atom stereocenters. The number of halogens is 1. The van der Waals surface area contributed by atoms with Crippen LogP contribution in [0.2, 0.25) is 5.02 Å². The average Bonchev–Trinajstić information content (AvgIpc) is 3.17. The second-order valence-corrected chi connectivity index (χ2v) is 13.1. The normalized spacial score (nSPS) is 12.0. The Hall–Kier alpha value is -4.25. The van der Waals surface area contributed by atoms with E-state index in [4.69, 9.17) is 30.9 Å². The number of benzene rings is 3. The van der Waals surface area contributed by atoms with Crippen LogP contribution in [0.3, 0.4) is 0 Å². The van der Waals surface area contributed by atoms with Gasteiger partial charge in [0, 0.05) is 42.7 Å². The van der Waals surface area contributed by atoms with E-state index in [2.05, 4.69) is 40.7 Å². The number of hydrogen-bond acceptors (Lipinski definition) is 11. The van der Waals surface area contributed by atoms with Gasteiger partial charge in [-0.2, -0.15) is 5.26 Å². The maximum atomic E-state index is 9.97. The third kappa shape index (κ3) is 10.9. The largest absolute Gasteiger partial charge is 0.493 e. The minimum Gasteiger partial charge on any atom is -0.493 e. The van der Waals surface area contributed by atoms with Crippen molar-refractivity contribution in [1.29, 1.82) is 5.26 Å². The summed E-state index contributed by atoms with van der Waals surface area (Å²) >= 11 is 6.78. The molecule has 0 radical (unpaired) electrons. The lowest BCUT2D eigenvalue weighted by atomic mass is 9.93. The molecule has 0 saturated heterocycles. The summed E-state index contributed by atoms with van der Waals surface area (Å²) in [5.41, 5.74) is 6.12. The van der Waals surface area contributed by atoms with Gasteiger partial charge in [0.25, 0.3) is 0 Å². The molecule has 4 aromatic rings. The molecule has 1 heterocycles. The third-order valence-electron chi connectivity index (χ3n) is 9.12. The van der Waals surface area contributed by atoms with E-state index in [0.717, 1.165) is 40.0 Å². The van der Waals surface area contributed by atoms with Gasteiger partial charge in [0.1, 0.15) is 36.5 Å². The minimum absolute atomic E-state index is 0.143. The number of nitrogens with zero attached hydrogens (tertiary/aromatic N) is 2. The molecule has 1 atom stereocenters. The van der Waals surface area contributed by atoms with E-state index in [-0.39, 0.29) is 39.6 Å². The van der Waals surface area contributed by atoms with Crippen molar-refractivity contribution < 1.29 is 34.6 Å². The molecule has 0 saturated carbocycles. The summed E-state index contributed by atoms with van der Waals surface area (Å²) in [5, 5.41) is 54.4. The molecule has 0 aliphatic heterocycles. The molecule has 278 valence electrons. The van der Waals surface area contributed by atoms with Crippen LogP contribution >= 0.6 is 11.6 Å². The van der Waals surface area contributed by atoms with E-state index in [1.54, 1.807) is 24.4 Å². The van der Waals surface area contributed by atoms with Crippen LogP contribution in [-0.2, 0) is 19.8 Å². The van der Waals surface area contributed by atoms with Crippen molar-refractivity contribution in [3.8, 4) is 34.4 Å². The fourth-order valence-corrected chi connectivity index (χ4v) is 5.84. The van der Waals surface area contributed by atoms with E-state index in [1.165, 1.54) is 6.20 Å². The number of aliphatic hydroxyl groups excluding tert-OH is 4. The molecule has 6 N–H and O–H groups in total. The Labute approximate surface area is 310 Å². The maximum absolute atomic E-state index is 9.97. The molecular weight excluding hydrogens is 684 g/mol. The van der Waals surface area contributed by atoms with Crippen LogP contribution in [0, 0.1) is 25.2 Å². The lowest BCUT2D eigenvalue weighted by Gasteiger charge is -2.30. The number of aromatic nitrogens is 1. The lowest BCUT2D eigenvalue weighted by molar-refractivity contribution is 0.0861.